The lowest BCUT2D eigenvalue weighted by Crippen LogP contribution is -2.02. The molecular formula is C13H13BrClN3O. The van der Waals surface area contributed by atoms with Crippen LogP contribution in [0.4, 0.5) is 11.5 Å². The summed E-state index contributed by atoms with van der Waals surface area (Å²) in [5.41, 5.74) is 0.931. The van der Waals surface area contributed by atoms with Crippen molar-refractivity contribution in [3.8, 4) is 0 Å². The maximum atomic E-state index is 5.97. The zero-order valence-corrected chi connectivity index (χ0v) is 12.7. The van der Waals surface area contributed by atoms with Crippen LogP contribution < -0.4 is 5.32 Å². The number of ether oxygens (including phenoxy) is 1. The monoisotopic (exact) mass is 341 g/mol. The Kier molecular flexibility index (Phi) is 5.13. The lowest BCUT2D eigenvalue weighted by molar-refractivity contribution is 0.128. The van der Waals surface area contributed by atoms with E-state index >= 15 is 0 Å². The number of hydrogen-bond acceptors (Lipinski definition) is 4. The van der Waals surface area contributed by atoms with E-state index in [4.69, 9.17) is 16.3 Å². The molecule has 0 radical (unpaired) electrons. The van der Waals surface area contributed by atoms with Crippen molar-refractivity contribution in [3.63, 3.8) is 0 Å². The number of benzene rings is 1. The molecule has 0 saturated heterocycles. The van der Waals surface area contributed by atoms with Crippen molar-refractivity contribution < 1.29 is 4.74 Å². The minimum atomic E-state index is 0.353. The van der Waals surface area contributed by atoms with E-state index in [1.54, 1.807) is 6.07 Å². The van der Waals surface area contributed by atoms with Gasteiger partial charge in [0.05, 0.1) is 0 Å². The molecule has 0 aliphatic heterocycles. The molecule has 1 heterocycles. The van der Waals surface area contributed by atoms with Gasteiger partial charge in [-0.1, -0.05) is 27.5 Å². The van der Waals surface area contributed by atoms with E-state index in [2.05, 4.69) is 31.2 Å². The molecule has 0 fully saturated rings. The number of anilines is 2. The second-order valence-electron chi connectivity index (χ2n) is 3.76. The minimum Gasteiger partial charge on any atom is -0.374 e. The number of hydrogen-bond donors (Lipinski definition) is 1. The smallest absolute Gasteiger partial charge is 0.158 e. The zero-order valence-electron chi connectivity index (χ0n) is 10.4. The average Bonchev–Trinajstić information content (AvgIpc) is 2.38. The predicted octanol–water partition coefficient (Wildman–Crippen LogP) is 4.17. The van der Waals surface area contributed by atoms with Gasteiger partial charge >= 0.3 is 0 Å². The lowest BCUT2D eigenvalue weighted by atomic mass is 10.3. The Bertz CT molecular complexity index is 548. The molecular weight excluding hydrogens is 330 g/mol. The fourth-order valence-electron chi connectivity index (χ4n) is 1.47. The van der Waals surface area contributed by atoms with E-state index in [9.17, 15) is 0 Å². The van der Waals surface area contributed by atoms with Crippen LogP contribution in [0.1, 0.15) is 12.7 Å². The first-order valence-electron chi connectivity index (χ1n) is 5.81. The highest BCUT2D eigenvalue weighted by molar-refractivity contribution is 9.10. The molecule has 0 aliphatic carbocycles. The van der Waals surface area contributed by atoms with Crippen LogP contribution in [0.2, 0.25) is 5.15 Å². The van der Waals surface area contributed by atoms with Gasteiger partial charge in [0.15, 0.2) is 5.82 Å². The van der Waals surface area contributed by atoms with E-state index in [1.807, 2.05) is 31.2 Å². The van der Waals surface area contributed by atoms with Gasteiger partial charge in [-0.05, 0) is 31.2 Å². The van der Waals surface area contributed by atoms with Gasteiger partial charge in [-0.3, -0.25) is 0 Å². The first-order chi connectivity index (χ1) is 9.17. The normalized spacial score (nSPS) is 10.5. The molecule has 1 aromatic heterocycles. The Labute approximate surface area is 125 Å². The summed E-state index contributed by atoms with van der Waals surface area (Å²) in [4.78, 5) is 8.45. The molecule has 6 heteroatoms. The highest BCUT2D eigenvalue weighted by Gasteiger charge is 2.04. The van der Waals surface area contributed by atoms with Crippen LogP contribution in [0.3, 0.4) is 0 Å². The molecule has 4 nitrogen and oxygen atoms in total. The third-order valence-electron chi connectivity index (χ3n) is 2.29. The summed E-state index contributed by atoms with van der Waals surface area (Å²) in [6, 6.07) is 9.47. The summed E-state index contributed by atoms with van der Waals surface area (Å²) in [5.74, 6) is 1.21. The first-order valence-corrected chi connectivity index (χ1v) is 6.98. The van der Waals surface area contributed by atoms with E-state index in [0.29, 0.717) is 30.0 Å². The Balaban J connectivity index is 2.15. The van der Waals surface area contributed by atoms with Gasteiger partial charge in [-0.15, -0.1) is 0 Å². The Morgan fingerprint density at radius 3 is 2.68 bits per heavy atom. The van der Waals surface area contributed by atoms with Crippen molar-refractivity contribution in [2.24, 2.45) is 0 Å². The minimum absolute atomic E-state index is 0.353. The van der Waals surface area contributed by atoms with Crippen LogP contribution in [0, 0.1) is 0 Å². The second kappa shape index (κ2) is 6.84. The van der Waals surface area contributed by atoms with Crippen molar-refractivity contribution in [3.05, 3.63) is 45.8 Å². The van der Waals surface area contributed by atoms with E-state index < -0.39 is 0 Å². The van der Waals surface area contributed by atoms with Crippen LogP contribution >= 0.6 is 27.5 Å². The molecule has 0 atom stereocenters. The summed E-state index contributed by atoms with van der Waals surface area (Å²) >= 11 is 9.36. The molecule has 100 valence electrons. The van der Waals surface area contributed by atoms with Crippen LogP contribution in [0.5, 0.6) is 0 Å². The molecule has 0 aliphatic rings. The molecule has 0 unspecified atom stereocenters. The Morgan fingerprint density at radius 1 is 1.26 bits per heavy atom. The van der Waals surface area contributed by atoms with Crippen LogP contribution in [-0.4, -0.2) is 16.6 Å². The topological polar surface area (TPSA) is 47.0 Å². The first kappa shape index (κ1) is 14.2. The van der Waals surface area contributed by atoms with Gasteiger partial charge in [0, 0.05) is 22.8 Å². The van der Waals surface area contributed by atoms with Gasteiger partial charge in [0.25, 0.3) is 0 Å². The molecule has 1 aromatic carbocycles. The summed E-state index contributed by atoms with van der Waals surface area (Å²) < 4.78 is 6.30. The van der Waals surface area contributed by atoms with Crippen LogP contribution in [0.15, 0.2) is 34.8 Å². The van der Waals surface area contributed by atoms with Crippen molar-refractivity contribution in [2.45, 2.75) is 13.5 Å². The maximum absolute atomic E-state index is 5.97. The highest BCUT2D eigenvalue weighted by Crippen LogP contribution is 2.20. The van der Waals surface area contributed by atoms with Crippen LogP contribution in [0.25, 0.3) is 0 Å². The summed E-state index contributed by atoms with van der Waals surface area (Å²) in [5, 5.41) is 3.57. The quantitative estimate of drug-likeness (QED) is 0.828. The SMILES string of the molecule is CCOCc1nc(Cl)cc(Nc2ccc(Br)cc2)n1. The number of aromatic nitrogens is 2. The average molecular weight is 343 g/mol. The molecule has 0 bridgehead atoms. The fraction of sp³-hybridized carbons (Fsp3) is 0.231. The molecule has 19 heavy (non-hydrogen) atoms. The number of halogens is 2. The number of nitrogens with one attached hydrogen (secondary N) is 1. The molecule has 0 saturated carbocycles. The second-order valence-corrected chi connectivity index (χ2v) is 5.06. The van der Waals surface area contributed by atoms with E-state index in [0.717, 1.165) is 10.2 Å². The van der Waals surface area contributed by atoms with Gasteiger partial charge < -0.3 is 10.1 Å². The summed E-state index contributed by atoms with van der Waals surface area (Å²) in [6.45, 7) is 2.89. The van der Waals surface area contributed by atoms with Gasteiger partial charge in [0.2, 0.25) is 0 Å². The largest absolute Gasteiger partial charge is 0.374 e. The van der Waals surface area contributed by atoms with Gasteiger partial charge in [-0.25, -0.2) is 9.97 Å². The Hall–Kier alpha value is -1.17. The fourth-order valence-corrected chi connectivity index (χ4v) is 1.93. The number of nitrogens with zero attached hydrogens (tertiary/aromatic N) is 2. The summed E-state index contributed by atoms with van der Waals surface area (Å²) in [7, 11) is 0. The summed E-state index contributed by atoms with van der Waals surface area (Å²) in [6.07, 6.45) is 0. The number of rotatable bonds is 5. The van der Waals surface area contributed by atoms with Gasteiger partial charge in [0.1, 0.15) is 17.6 Å². The van der Waals surface area contributed by atoms with E-state index in [-0.39, 0.29) is 0 Å². The molecule has 0 spiro atoms. The van der Waals surface area contributed by atoms with Crippen LogP contribution in [-0.2, 0) is 11.3 Å². The predicted molar refractivity (Wildman–Crippen MR) is 79.8 cm³/mol. The van der Waals surface area contributed by atoms with Crippen molar-refractivity contribution in [2.75, 3.05) is 11.9 Å². The van der Waals surface area contributed by atoms with E-state index in [1.165, 1.54) is 0 Å². The Morgan fingerprint density at radius 2 is 2.00 bits per heavy atom. The highest BCUT2D eigenvalue weighted by atomic mass is 79.9. The van der Waals surface area contributed by atoms with Crippen molar-refractivity contribution in [1.29, 1.82) is 0 Å². The molecule has 0 amide bonds. The standard InChI is InChI=1S/C13H13BrClN3O/c1-2-19-8-13-17-11(15)7-12(18-13)16-10-5-3-9(14)4-6-10/h3-7H,2,8H2,1H3,(H,16,17,18). The zero-order chi connectivity index (χ0) is 13.7. The van der Waals surface area contributed by atoms with Crippen molar-refractivity contribution >= 4 is 39.0 Å². The maximum Gasteiger partial charge on any atom is 0.158 e. The third kappa shape index (κ3) is 4.45. The molecule has 2 rings (SSSR count). The lowest BCUT2D eigenvalue weighted by Gasteiger charge is -2.08. The third-order valence-corrected chi connectivity index (χ3v) is 3.02. The van der Waals surface area contributed by atoms with Crippen molar-refractivity contribution in [1.82, 2.24) is 9.97 Å². The molecule has 1 N–H and O–H groups in total. The molecule has 2 aromatic rings. The van der Waals surface area contributed by atoms with Gasteiger partial charge in [-0.2, -0.15) is 0 Å².